The number of hydrogen-bond acceptors (Lipinski definition) is 13. The van der Waals surface area contributed by atoms with Crippen molar-refractivity contribution in [3.63, 3.8) is 0 Å². The first-order chi connectivity index (χ1) is 42.2. The zero-order valence-electron chi connectivity index (χ0n) is 47.6. The topological polar surface area (TPSA) is 94.1 Å². The predicted molar refractivity (Wildman–Crippen MR) is 363 cm³/mol. The number of ether oxygens (including phenoxy) is 4. The Hall–Kier alpha value is -6.05. The molecule has 0 spiro atoms. The summed E-state index contributed by atoms with van der Waals surface area (Å²) in [5, 5.41) is 15.8. The van der Waals surface area contributed by atoms with Crippen molar-refractivity contribution in [1.29, 1.82) is 0 Å². The number of aryl methyl sites for hydroxylation is 1. The molecule has 4 aliphatic rings. The summed E-state index contributed by atoms with van der Waals surface area (Å²) in [6.45, 7) is 2.10. The fourth-order valence-electron chi connectivity index (χ4n) is 12.2. The first kappa shape index (κ1) is 58.6. The average molecular weight is 1280 g/mol. The monoisotopic (exact) mass is 1280 g/mol. The minimum absolute atomic E-state index is 0. The van der Waals surface area contributed by atoms with Crippen molar-refractivity contribution in [2.45, 2.75) is 45.3 Å². The summed E-state index contributed by atoms with van der Waals surface area (Å²) in [6, 6.07) is 63.5. The number of benzene rings is 8. The van der Waals surface area contributed by atoms with Crippen molar-refractivity contribution in [3.05, 3.63) is 215 Å². The molecule has 7 nitrogen and oxygen atoms in total. The van der Waals surface area contributed by atoms with Crippen LogP contribution in [-0.4, -0.2) is 45.2 Å². The van der Waals surface area contributed by atoms with Gasteiger partial charge in [0.2, 0.25) is 0 Å². The van der Waals surface area contributed by atoms with Crippen molar-refractivity contribution in [2.75, 3.05) is 32.2 Å². The normalized spacial score (nSPS) is 13.3. The summed E-state index contributed by atoms with van der Waals surface area (Å²) in [7, 11) is -4.55. The molecule has 4 aliphatic heterocycles. The first-order valence-electron chi connectivity index (χ1n) is 28.9. The van der Waals surface area contributed by atoms with Crippen molar-refractivity contribution < 1.29 is 61.5 Å². The van der Waals surface area contributed by atoms with E-state index in [1.165, 1.54) is 97.8 Å². The van der Waals surface area contributed by atoms with E-state index in [-0.39, 0.29) is 36.2 Å². The number of hydrogen-bond donors (Lipinski definition) is 0. The van der Waals surface area contributed by atoms with Crippen LogP contribution in [-0.2, 0) is 52.1 Å². The van der Waals surface area contributed by atoms with Gasteiger partial charge in [0.15, 0.2) is 0 Å². The average Bonchev–Trinajstić information content (AvgIpc) is 2.30. The van der Waals surface area contributed by atoms with Crippen LogP contribution in [0.25, 0.3) is 114 Å². The van der Waals surface area contributed by atoms with Crippen LogP contribution in [0.1, 0.15) is 40.7 Å². The molecule has 0 aliphatic carbocycles. The van der Waals surface area contributed by atoms with Crippen LogP contribution < -0.4 is 39.0 Å². The fourth-order valence-corrected chi connectivity index (χ4v) is 18.9. The van der Waals surface area contributed by atoms with Crippen LogP contribution in [0.2, 0.25) is 0 Å². The zero-order chi connectivity index (χ0) is 57.7. The molecule has 12 bridgehead atoms. The van der Waals surface area contributed by atoms with E-state index >= 15 is 0 Å². The maximum atomic E-state index is 12.0. The van der Waals surface area contributed by atoms with Crippen molar-refractivity contribution >= 4 is 132 Å². The van der Waals surface area contributed by atoms with Crippen molar-refractivity contribution in [1.82, 2.24) is 0 Å². The second-order valence-electron chi connectivity index (χ2n) is 21.8. The SMILES string of the molecule is O=S(=O)([O-])CCOc1ccc2cc3ccc2c1-c1c(OCCCCc2ccc4ccc5cccc6ccc2c4c56)ccc2cc(ccc12)COCCc1cc(-c2cccs2)sc1-c1ccc(s1)-c1ccc(s1)-c1sc(-c2cccs2)cc1CCOC3.[Na+]. The molecule has 428 valence electrons. The molecule has 15 heteroatoms. The third-order valence-electron chi connectivity index (χ3n) is 16.3. The van der Waals surface area contributed by atoms with Gasteiger partial charge in [-0.15, -0.1) is 68.0 Å². The standard InChI is InChI=1S/C72H56O7S7.Na/c73-86(74,75)37-34-79-58-24-19-51-39-45-12-21-56(51)70(58)69-55-20-11-44(38-50(55)18-23-57(69)78-31-2-1-6-46-13-14-49-16-15-47-7-3-8-48-17-22-54(46)68(49)67(47)48)42-76-32-29-52-40-65(59-9-4-35-80-59)84-71(52)63-27-25-61(82-63)62-26-28-64(83-62)72-53(30-33-77-43-45)41-66(85-72)60-10-5-36-81-60;/h3-5,7-28,35-36,38-41H,1-2,6,29-34,37,42-43H2,(H,73,74,75);/q;+1/p-1. The van der Waals surface area contributed by atoms with E-state index in [2.05, 4.69) is 168 Å². The Kier molecular flexibility index (Phi) is 17.1. The summed E-state index contributed by atoms with van der Waals surface area (Å²) in [4.78, 5) is 12.7. The molecular formula is C72H55NaO7S7. The molecule has 87 heavy (non-hydrogen) atoms. The maximum Gasteiger partial charge on any atom is 1.00 e. The van der Waals surface area contributed by atoms with Gasteiger partial charge in [-0.05, 0) is 197 Å². The molecular weight excluding hydrogens is 1220 g/mol. The molecule has 8 aromatic carbocycles. The summed E-state index contributed by atoms with van der Waals surface area (Å²) >= 11 is 11.0. The Morgan fingerprint density at radius 3 is 1.51 bits per heavy atom. The van der Waals surface area contributed by atoms with Gasteiger partial charge in [0.05, 0.1) is 48.9 Å². The summed E-state index contributed by atoms with van der Waals surface area (Å²) in [5.41, 5.74) is 7.55. The molecule has 0 saturated carbocycles. The van der Waals surface area contributed by atoms with E-state index in [1.54, 1.807) is 22.7 Å². The van der Waals surface area contributed by atoms with E-state index in [9.17, 15) is 13.0 Å². The predicted octanol–water partition coefficient (Wildman–Crippen LogP) is 17.4. The van der Waals surface area contributed by atoms with Gasteiger partial charge in [-0.1, -0.05) is 103 Å². The molecule has 0 fully saturated rings. The van der Waals surface area contributed by atoms with Crippen LogP contribution in [0.15, 0.2) is 187 Å². The van der Waals surface area contributed by atoms with Crippen LogP contribution in [0.4, 0.5) is 0 Å². The summed E-state index contributed by atoms with van der Waals surface area (Å²) in [5.74, 6) is 0.485. The molecule has 0 amide bonds. The van der Waals surface area contributed by atoms with Gasteiger partial charge in [-0.25, -0.2) is 8.42 Å². The number of unbranched alkanes of at least 4 members (excludes halogenated alkanes) is 1. The van der Waals surface area contributed by atoms with Crippen molar-refractivity contribution in [2.24, 2.45) is 0 Å². The van der Waals surface area contributed by atoms with Gasteiger partial charge >= 0.3 is 29.6 Å². The van der Waals surface area contributed by atoms with Gasteiger partial charge in [0.1, 0.15) is 18.1 Å². The Balaban J connectivity index is 0.00000667. The first-order valence-corrected chi connectivity index (χ1v) is 35.5. The van der Waals surface area contributed by atoms with E-state index in [0.717, 1.165) is 75.9 Å². The van der Waals surface area contributed by atoms with E-state index in [4.69, 9.17) is 18.9 Å². The Labute approximate surface area is 551 Å². The van der Waals surface area contributed by atoms with E-state index in [0.29, 0.717) is 44.5 Å². The fraction of sp³-hybridized carbons (Fsp3) is 0.167. The van der Waals surface area contributed by atoms with Gasteiger partial charge in [-0.3, -0.25) is 0 Å². The zero-order valence-corrected chi connectivity index (χ0v) is 55.3. The number of rotatable bonds is 12. The minimum atomic E-state index is -4.55. The van der Waals surface area contributed by atoms with Crippen LogP contribution >= 0.6 is 68.0 Å². The van der Waals surface area contributed by atoms with Gasteiger partial charge in [0, 0.05) is 59.9 Å². The molecule has 14 aromatic rings. The van der Waals surface area contributed by atoms with Crippen LogP contribution in [0.5, 0.6) is 11.5 Å². The van der Waals surface area contributed by atoms with Crippen LogP contribution in [0.3, 0.4) is 0 Å². The molecule has 0 unspecified atom stereocenters. The molecule has 18 rings (SSSR count). The third kappa shape index (κ3) is 12.2. The molecule has 10 heterocycles. The number of thiophene rings is 6. The van der Waals surface area contributed by atoms with E-state index < -0.39 is 15.9 Å². The Bertz CT molecular complexity index is 4880. The summed E-state index contributed by atoms with van der Waals surface area (Å²) < 4.78 is 62.5. The molecule has 6 aromatic heterocycles. The van der Waals surface area contributed by atoms with Gasteiger partial charge < -0.3 is 23.5 Å². The van der Waals surface area contributed by atoms with Gasteiger partial charge in [0.25, 0.3) is 0 Å². The largest absolute Gasteiger partial charge is 1.00 e. The second-order valence-corrected chi connectivity index (χ2v) is 29.5. The quantitative estimate of drug-likeness (QED) is 0.0520. The smallest absolute Gasteiger partial charge is 0.748 e. The van der Waals surface area contributed by atoms with Gasteiger partial charge in [-0.2, -0.15) is 0 Å². The molecule has 0 N–H and O–H groups in total. The van der Waals surface area contributed by atoms with E-state index in [1.807, 2.05) is 63.5 Å². The third-order valence-corrected chi connectivity index (χ3v) is 24.1. The molecule has 0 saturated heterocycles. The molecule has 0 radical (unpaired) electrons. The second kappa shape index (κ2) is 25.4. The minimum Gasteiger partial charge on any atom is -0.748 e. The van der Waals surface area contributed by atoms with Crippen molar-refractivity contribution in [3.8, 4) is 71.4 Å². The molecule has 0 atom stereocenters. The Morgan fingerprint density at radius 1 is 0.448 bits per heavy atom. The summed E-state index contributed by atoms with van der Waals surface area (Å²) in [6.07, 6.45) is 4.17. The van der Waals surface area contributed by atoms with Crippen LogP contribution in [0, 0.1) is 0 Å². The maximum absolute atomic E-state index is 12.0. The Morgan fingerprint density at radius 2 is 0.954 bits per heavy atom.